The summed E-state index contributed by atoms with van der Waals surface area (Å²) in [5, 5.41) is 4.87. The summed E-state index contributed by atoms with van der Waals surface area (Å²) in [4.78, 5) is 4.59. The lowest BCUT2D eigenvalue weighted by atomic mass is 10.0. The van der Waals surface area contributed by atoms with Crippen LogP contribution in [0.1, 0.15) is 43.9 Å². The molecule has 4 nitrogen and oxygen atoms in total. The monoisotopic (exact) mass is 487 g/mol. The number of halogens is 4. The van der Waals surface area contributed by atoms with Crippen molar-refractivity contribution in [2.45, 2.75) is 45.7 Å². The number of nitrogens with zero attached hydrogens (tertiary/aromatic N) is 3. The summed E-state index contributed by atoms with van der Waals surface area (Å²) in [7, 11) is 0. The summed E-state index contributed by atoms with van der Waals surface area (Å²) >= 11 is 5.98. The molecule has 2 heterocycles. The van der Waals surface area contributed by atoms with Crippen molar-refractivity contribution in [3.8, 4) is 22.7 Å². The van der Waals surface area contributed by atoms with E-state index in [9.17, 15) is 13.2 Å². The normalized spacial score (nSPS) is 11.8. The number of hydrogen-bond acceptors (Lipinski definition) is 3. The highest BCUT2D eigenvalue weighted by Crippen LogP contribution is 2.39. The first kappa shape index (κ1) is 24.1. The second-order valence-electron chi connectivity index (χ2n) is 8.16. The van der Waals surface area contributed by atoms with Crippen LogP contribution in [0.15, 0.2) is 54.6 Å². The Morgan fingerprint density at radius 3 is 2.32 bits per heavy atom. The molecule has 0 spiro atoms. The van der Waals surface area contributed by atoms with Gasteiger partial charge >= 0.3 is 6.18 Å². The van der Waals surface area contributed by atoms with Crippen molar-refractivity contribution < 1.29 is 17.9 Å². The minimum atomic E-state index is -4.56. The average molecular weight is 488 g/mol. The number of aryl methyl sites for hydroxylation is 1. The molecule has 2 aromatic carbocycles. The van der Waals surface area contributed by atoms with Gasteiger partial charge in [0.15, 0.2) is 5.65 Å². The van der Waals surface area contributed by atoms with E-state index in [4.69, 9.17) is 16.3 Å². The van der Waals surface area contributed by atoms with Gasteiger partial charge in [0, 0.05) is 10.6 Å². The number of benzene rings is 2. The van der Waals surface area contributed by atoms with E-state index in [0.29, 0.717) is 28.6 Å². The molecule has 34 heavy (non-hydrogen) atoms. The summed E-state index contributed by atoms with van der Waals surface area (Å²) in [6, 6.07) is 14.8. The molecule has 4 aromatic rings. The predicted molar refractivity (Wildman–Crippen MR) is 129 cm³/mol. The molecular formula is C26H25ClF3N3O. The molecule has 0 aliphatic rings. The Balaban J connectivity index is 1.73. The minimum absolute atomic E-state index is 0.0155. The lowest BCUT2D eigenvalue weighted by molar-refractivity contribution is -0.136. The highest BCUT2D eigenvalue weighted by molar-refractivity contribution is 6.30. The SMILES string of the molecule is CCCCCCOc1ccc(-c2cc(C(F)(F)F)c3c(C)nn(-c4ccc(Cl)cc4)c3n2)cc1. The Morgan fingerprint density at radius 1 is 0.971 bits per heavy atom. The van der Waals surface area contributed by atoms with Crippen molar-refractivity contribution in [3.05, 3.63) is 70.9 Å². The van der Waals surface area contributed by atoms with Gasteiger partial charge in [0.1, 0.15) is 5.75 Å². The summed E-state index contributed by atoms with van der Waals surface area (Å²) in [6.07, 6.45) is -0.154. The van der Waals surface area contributed by atoms with Crippen LogP contribution >= 0.6 is 11.6 Å². The predicted octanol–water partition coefficient (Wildman–Crippen LogP) is 8.03. The summed E-state index contributed by atoms with van der Waals surface area (Å²) in [5.41, 5.74) is 0.981. The maximum Gasteiger partial charge on any atom is 0.417 e. The molecule has 0 radical (unpaired) electrons. The van der Waals surface area contributed by atoms with Crippen molar-refractivity contribution >= 4 is 22.6 Å². The van der Waals surface area contributed by atoms with Crippen LogP contribution in [0.3, 0.4) is 0 Å². The van der Waals surface area contributed by atoms with E-state index in [-0.39, 0.29) is 22.4 Å². The van der Waals surface area contributed by atoms with Gasteiger partial charge in [0.2, 0.25) is 0 Å². The first-order chi connectivity index (χ1) is 16.3. The number of alkyl halides is 3. The van der Waals surface area contributed by atoms with Crippen LogP contribution < -0.4 is 4.74 Å². The molecule has 0 aliphatic carbocycles. The van der Waals surface area contributed by atoms with Gasteiger partial charge in [-0.3, -0.25) is 0 Å². The van der Waals surface area contributed by atoms with Gasteiger partial charge < -0.3 is 4.74 Å². The second kappa shape index (κ2) is 10.1. The Morgan fingerprint density at radius 2 is 1.68 bits per heavy atom. The molecule has 0 saturated carbocycles. The topological polar surface area (TPSA) is 39.9 Å². The third kappa shape index (κ3) is 5.20. The van der Waals surface area contributed by atoms with Crippen molar-refractivity contribution in [2.75, 3.05) is 6.61 Å². The Kier molecular flexibility index (Phi) is 7.12. The highest BCUT2D eigenvalue weighted by atomic mass is 35.5. The Labute approximate surface area is 201 Å². The van der Waals surface area contributed by atoms with Crippen molar-refractivity contribution in [1.29, 1.82) is 0 Å². The van der Waals surface area contributed by atoms with Crippen LogP contribution in [0.4, 0.5) is 13.2 Å². The molecule has 2 aromatic heterocycles. The lowest BCUT2D eigenvalue weighted by Gasteiger charge is -2.12. The Hall–Kier alpha value is -3.06. The molecule has 0 N–H and O–H groups in total. The van der Waals surface area contributed by atoms with E-state index in [1.807, 2.05) is 0 Å². The smallest absolute Gasteiger partial charge is 0.417 e. The van der Waals surface area contributed by atoms with E-state index in [2.05, 4.69) is 17.0 Å². The zero-order valence-corrected chi connectivity index (χ0v) is 19.7. The van der Waals surface area contributed by atoms with Crippen LogP contribution in [0.25, 0.3) is 28.0 Å². The summed E-state index contributed by atoms with van der Waals surface area (Å²) < 4.78 is 49.3. The van der Waals surface area contributed by atoms with E-state index >= 15 is 0 Å². The fourth-order valence-electron chi connectivity index (χ4n) is 3.86. The fraction of sp³-hybridized carbons (Fsp3) is 0.308. The molecule has 178 valence electrons. The van der Waals surface area contributed by atoms with Crippen LogP contribution in [-0.4, -0.2) is 21.4 Å². The van der Waals surface area contributed by atoms with Gasteiger partial charge in [-0.25, -0.2) is 9.67 Å². The average Bonchev–Trinajstić information content (AvgIpc) is 3.15. The molecule has 0 bridgehead atoms. The van der Waals surface area contributed by atoms with E-state index in [1.165, 1.54) is 11.1 Å². The van der Waals surface area contributed by atoms with Crippen molar-refractivity contribution in [3.63, 3.8) is 0 Å². The molecule has 8 heteroatoms. The van der Waals surface area contributed by atoms with E-state index < -0.39 is 11.7 Å². The van der Waals surface area contributed by atoms with Gasteiger partial charge in [0.25, 0.3) is 0 Å². The van der Waals surface area contributed by atoms with Gasteiger partial charge in [-0.05, 0) is 67.9 Å². The number of fused-ring (bicyclic) bond motifs is 1. The zero-order chi connectivity index (χ0) is 24.3. The van der Waals surface area contributed by atoms with Gasteiger partial charge in [-0.1, -0.05) is 37.8 Å². The van der Waals surface area contributed by atoms with E-state index in [0.717, 1.165) is 25.3 Å². The molecule has 4 rings (SSSR count). The molecule has 0 aliphatic heterocycles. The van der Waals surface area contributed by atoms with Crippen LogP contribution in [0.5, 0.6) is 5.75 Å². The molecule has 0 unspecified atom stereocenters. The quantitative estimate of drug-likeness (QED) is 0.236. The highest BCUT2D eigenvalue weighted by Gasteiger charge is 2.35. The third-order valence-electron chi connectivity index (χ3n) is 5.61. The zero-order valence-electron chi connectivity index (χ0n) is 19.0. The second-order valence-corrected chi connectivity index (χ2v) is 8.59. The maximum atomic E-state index is 14.0. The molecule has 0 amide bonds. The Bertz CT molecular complexity index is 1270. The van der Waals surface area contributed by atoms with Crippen molar-refractivity contribution in [1.82, 2.24) is 14.8 Å². The standard InChI is InChI=1S/C26H25ClF3N3O/c1-3-4-5-6-15-34-21-13-7-18(8-14-21)23-16-22(26(28,29)30)24-17(2)32-33(25(24)31-23)20-11-9-19(27)10-12-20/h7-14,16H,3-6,15H2,1-2H3. The first-order valence-electron chi connectivity index (χ1n) is 11.2. The third-order valence-corrected chi connectivity index (χ3v) is 5.86. The van der Waals surface area contributed by atoms with Gasteiger partial charge in [-0.15, -0.1) is 0 Å². The number of pyridine rings is 1. The van der Waals surface area contributed by atoms with Crippen LogP contribution in [0.2, 0.25) is 5.02 Å². The van der Waals surface area contributed by atoms with Crippen LogP contribution in [-0.2, 0) is 6.18 Å². The number of unbranched alkanes of at least 4 members (excludes halogenated alkanes) is 3. The number of ether oxygens (including phenoxy) is 1. The largest absolute Gasteiger partial charge is 0.494 e. The first-order valence-corrected chi connectivity index (χ1v) is 11.6. The van der Waals surface area contributed by atoms with Gasteiger partial charge in [-0.2, -0.15) is 18.3 Å². The maximum absolute atomic E-state index is 14.0. The molecule has 0 fully saturated rings. The fourth-order valence-corrected chi connectivity index (χ4v) is 3.99. The van der Waals surface area contributed by atoms with Crippen molar-refractivity contribution in [2.24, 2.45) is 0 Å². The summed E-state index contributed by atoms with van der Waals surface area (Å²) in [5.74, 6) is 0.680. The number of hydrogen-bond donors (Lipinski definition) is 0. The molecule has 0 saturated heterocycles. The van der Waals surface area contributed by atoms with Crippen LogP contribution in [0, 0.1) is 6.92 Å². The van der Waals surface area contributed by atoms with E-state index in [1.54, 1.807) is 55.5 Å². The molecular weight excluding hydrogens is 463 g/mol. The number of rotatable bonds is 8. The number of aromatic nitrogens is 3. The molecule has 0 atom stereocenters. The lowest BCUT2D eigenvalue weighted by Crippen LogP contribution is -2.08. The summed E-state index contributed by atoms with van der Waals surface area (Å²) in [6.45, 7) is 4.32. The van der Waals surface area contributed by atoms with Gasteiger partial charge in [0.05, 0.1) is 34.6 Å². The minimum Gasteiger partial charge on any atom is -0.494 e.